The van der Waals surface area contributed by atoms with E-state index in [-0.39, 0.29) is 11.4 Å². The lowest BCUT2D eigenvalue weighted by atomic mass is 9.93. The van der Waals surface area contributed by atoms with E-state index in [0.717, 1.165) is 6.54 Å². The van der Waals surface area contributed by atoms with Gasteiger partial charge in [-0.3, -0.25) is 0 Å². The van der Waals surface area contributed by atoms with Crippen molar-refractivity contribution in [3.63, 3.8) is 0 Å². The lowest BCUT2D eigenvalue weighted by molar-refractivity contribution is 0.222. The Morgan fingerprint density at radius 1 is 1.37 bits per heavy atom. The Balaban J connectivity index is 2.44. The molecule has 1 aromatic carbocycles. The zero-order valence-corrected chi connectivity index (χ0v) is 12.2. The van der Waals surface area contributed by atoms with Crippen LogP contribution in [0.5, 0.6) is 0 Å². The van der Waals surface area contributed by atoms with Crippen LogP contribution in [0, 0.1) is 5.41 Å². The summed E-state index contributed by atoms with van der Waals surface area (Å²) in [6.45, 7) is 5.76. The largest absolute Gasteiger partial charge is 0.399 e. The number of amides is 2. The summed E-state index contributed by atoms with van der Waals surface area (Å²) in [6, 6.07) is 6.91. The summed E-state index contributed by atoms with van der Waals surface area (Å²) in [5.74, 6) is 0. The molecule has 1 aromatic rings. The highest BCUT2D eigenvalue weighted by atomic mass is 16.2. The Kier molecular flexibility index (Phi) is 5.18. The van der Waals surface area contributed by atoms with Crippen LogP contribution >= 0.6 is 0 Å². The molecule has 0 aliphatic heterocycles. The molecule has 0 aromatic heterocycles. The number of urea groups is 1. The molecular formula is C14H24N4O. The average molecular weight is 264 g/mol. The van der Waals surface area contributed by atoms with Crippen molar-refractivity contribution < 1.29 is 4.79 Å². The lowest BCUT2D eigenvalue weighted by Gasteiger charge is -2.28. The number of benzene rings is 1. The van der Waals surface area contributed by atoms with E-state index in [1.165, 1.54) is 0 Å². The molecule has 19 heavy (non-hydrogen) atoms. The number of nitrogen functional groups attached to an aromatic ring is 1. The second-order valence-corrected chi connectivity index (χ2v) is 5.84. The predicted octanol–water partition coefficient (Wildman–Crippen LogP) is 1.98. The third-order valence-corrected chi connectivity index (χ3v) is 2.62. The molecule has 5 heteroatoms. The first-order chi connectivity index (χ1) is 8.78. The highest BCUT2D eigenvalue weighted by Gasteiger charge is 2.19. The fourth-order valence-corrected chi connectivity index (χ4v) is 2.02. The Labute approximate surface area is 115 Å². The second-order valence-electron chi connectivity index (χ2n) is 5.84. The van der Waals surface area contributed by atoms with Crippen molar-refractivity contribution in [3.8, 4) is 0 Å². The monoisotopic (exact) mass is 264 g/mol. The maximum atomic E-state index is 11.8. The van der Waals surface area contributed by atoms with Gasteiger partial charge in [0.1, 0.15) is 0 Å². The standard InChI is InChI=1S/C14H24N4O/c1-14(2,10-18(3)4)9-16-13(19)17-12-7-5-6-11(15)8-12/h5-8H,9-10,15H2,1-4H3,(H2,16,17,19). The van der Waals surface area contributed by atoms with Crippen molar-refractivity contribution in [1.82, 2.24) is 10.2 Å². The van der Waals surface area contributed by atoms with Gasteiger partial charge in [-0.2, -0.15) is 0 Å². The van der Waals surface area contributed by atoms with E-state index >= 15 is 0 Å². The molecule has 0 bridgehead atoms. The zero-order valence-electron chi connectivity index (χ0n) is 12.2. The molecule has 0 heterocycles. The van der Waals surface area contributed by atoms with Crippen LogP contribution in [-0.2, 0) is 0 Å². The molecule has 0 saturated heterocycles. The summed E-state index contributed by atoms with van der Waals surface area (Å²) in [5, 5.41) is 5.64. The number of rotatable bonds is 5. The molecule has 0 radical (unpaired) electrons. The first-order valence-electron chi connectivity index (χ1n) is 6.34. The molecule has 0 atom stereocenters. The fourth-order valence-electron chi connectivity index (χ4n) is 2.02. The summed E-state index contributed by atoms with van der Waals surface area (Å²) in [5.41, 5.74) is 7.01. The molecular weight excluding hydrogens is 240 g/mol. The molecule has 0 saturated carbocycles. The van der Waals surface area contributed by atoms with E-state index in [9.17, 15) is 4.79 Å². The SMILES string of the molecule is CN(C)CC(C)(C)CNC(=O)Nc1cccc(N)c1. The minimum atomic E-state index is -0.211. The number of hydrogen-bond acceptors (Lipinski definition) is 3. The normalized spacial score (nSPS) is 11.4. The predicted molar refractivity (Wildman–Crippen MR) is 80.2 cm³/mol. The Bertz CT molecular complexity index is 429. The van der Waals surface area contributed by atoms with Crippen molar-refractivity contribution in [3.05, 3.63) is 24.3 Å². The number of nitrogens with zero attached hydrogens (tertiary/aromatic N) is 1. The Morgan fingerprint density at radius 3 is 2.63 bits per heavy atom. The first-order valence-corrected chi connectivity index (χ1v) is 6.34. The van der Waals surface area contributed by atoms with Crippen LogP contribution in [0.2, 0.25) is 0 Å². The third-order valence-electron chi connectivity index (χ3n) is 2.62. The Morgan fingerprint density at radius 2 is 2.05 bits per heavy atom. The summed E-state index contributed by atoms with van der Waals surface area (Å²) < 4.78 is 0. The highest BCUT2D eigenvalue weighted by Crippen LogP contribution is 2.15. The van der Waals surface area contributed by atoms with Crippen molar-refractivity contribution in [2.75, 3.05) is 38.2 Å². The van der Waals surface area contributed by atoms with E-state index in [0.29, 0.717) is 17.9 Å². The maximum absolute atomic E-state index is 11.8. The number of nitrogens with one attached hydrogen (secondary N) is 2. The summed E-state index contributed by atoms with van der Waals surface area (Å²) in [7, 11) is 4.04. The molecule has 0 fully saturated rings. The molecule has 5 nitrogen and oxygen atoms in total. The number of anilines is 2. The van der Waals surface area contributed by atoms with Crippen LogP contribution in [0.25, 0.3) is 0 Å². The van der Waals surface area contributed by atoms with E-state index < -0.39 is 0 Å². The van der Waals surface area contributed by atoms with Gasteiger partial charge >= 0.3 is 6.03 Å². The van der Waals surface area contributed by atoms with Gasteiger partial charge in [-0.15, -0.1) is 0 Å². The second kappa shape index (κ2) is 6.43. The number of nitrogens with two attached hydrogens (primary N) is 1. The molecule has 0 spiro atoms. The summed E-state index contributed by atoms with van der Waals surface area (Å²) >= 11 is 0. The van der Waals surface area contributed by atoms with Gasteiger partial charge in [0.2, 0.25) is 0 Å². The molecule has 4 N–H and O–H groups in total. The topological polar surface area (TPSA) is 70.4 Å². The van der Waals surface area contributed by atoms with Gasteiger partial charge in [-0.1, -0.05) is 19.9 Å². The van der Waals surface area contributed by atoms with Gasteiger partial charge in [0, 0.05) is 24.5 Å². The van der Waals surface area contributed by atoms with Crippen molar-refractivity contribution >= 4 is 17.4 Å². The van der Waals surface area contributed by atoms with E-state index in [4.69, 9.17) is 5.73 Å². The summed E-state index contributed by atoms with van der Waals surface area (Å²) in [4.78, 5) is 13.9. The van der Waals surface area contributed by atoms with Gasteiger partial charge in [0.15, 0.2) is 0 Å². The number of hydrogen-bond donors (Lipinski definition) is 3. The van der Waals surface area contributed by atoms with Gasteiger partial charge in [0.25, 0.3) is 0 Å². The molecule has 0 aliphatic carbocycles. The molecule has 2 amide bonds. The van der Waals surface area contributed by atoms with E-state index in [1.807, 2.05) is 14.1 Å². The quantitative estimate of drug-likeness (QED) is 0.712. The minimum Gasteiger partial charge on any atom is -0.399 e. The Hall–Kier alpha value is -1.75. The van der Waals surface area contributed by atoms with Crippen LogP contribution in [0.3, 0.4) is 0 Å². The lowest BCUT2D eigenvalue weighted by Crippen LogP contribution is -2.41. The van der Waals surface area contributed by atoms with Crippen molar-refractivity contribution in [2.24, 2.45) is 5.41 Å². The van der Waals surface area contributed by atoms with Crippen LogP contribution in [0.4, 0.5) is 16.2 Å². The molecule has 1 rings (SSSR count). The molecule has 0 unspecified atom stereocenters. The zero-order chi connectivity index (χ0) is 14.5. The molecule has 0 aliphatic rings. The van der Waals surface area contributed by atoms with Gasteiger partial charge in [-0.25, -0.2) is 4.79 Å². The third kappa shape index (κ3) is 6.10. The van der Waals surface area contributed by atoms with Gasteiger partial charge in [-0.05, 0) is 37.7 Å². The van der Waals surface area contributed by atoms with Gasteiger partial charge < -0.3 is 21.3 Å². The number of carbonyl (C=O) groups is 1. The smallest absolute Gasteiger partial charge is 0.319 e. The number of carbonyl (C=O) groups excluding carboxylic acids is 1. The van der Waals surface area contributed by atoms with Crippen LogP contribution in [0.15, 0.2) is 24.3 Å². The van der Waals surface area contributed by atoms with Crippen molar-refractivity contribution in [2.45, 2.75) is 13.8 Å². The molecule has 106 valence electrons. The van der Waals surface area contributed by atoms with Crippen LogP contribution in [-0.4, -0.2) is 38.1 Å². The van der Waals surface area contributed by atoms with E-state index in [1.54, 1.807) is 24.3 Å². The average Bonchev–Trinajstić information content (AvgIpc) is 2.25. The van der Waals surface area contributed by atoms with Gasteiger partial charge in [0.05, 0.1) is 0 Å². The first kappa shape index (κ1) is 15.3. The maximum Gasteiger partial charge on any atom is 0.319 e. The highest BCUT2D eigenvalue weighted by molar-refractivity contribution is 5.89. The van der Waals surface area contributed by atoms with Crippen molar-refractivity contribution in [1.29, 1.82) is 0 Å². The summed E-state index contributed by atoms with van der Waals surface area (Å²) in [6.07, 6.45) is 0. The van der Waals surface area contributed by atoms with Crippen LogP contribution < -0.4 is 16.4 Å². The van der Waals surface area contributed by atoms with Crippen LogP contribution in [0.1, 0.15) is 13.8 Å². The minimum absolute atomic E-state index is 0.0244. The fraction of sp³-hybridized carbons (Fsp3) is 0.500. The van der Waals surface area contributed by atoms with E-state index in [2.05, 4.69) is 29.4 Å².